The van der Waals surface area contributed by atoms with Crippen LogP contribution < -0.4 is 16.5 Å². The molecule has 124 valence electrons. The summed E-state index contributed by atoms with van der Waals surface area (Å²) in [6, 6.07) is 0.439. The van der Waals surface area contributed by atoms with E-state index >= 15 is 0 Å². The van der Waals surface area contributed by atoms with E-state index in [1.807, 2.05) is 18.4 Å². The number of ether oxygens (including phenoxy) is 2. The first-order valence-corrected chi connectivity index (χ1v) is 7.95. The molecule has 2 heterocycles. The van der Waals surface area contributed by atoms with Gasteiger partial charge >= 0.3 is 0 Å². The minimum Gasteiger partial charge on any atom is -0.490 e. The minimum absolute atomic E-state index is 0.116. The Labute approximate surface area is 136 Å². The van der Waals surface area contributed by atoms with Crippen LogP contribution in [0.4, 0.5) is 0 Å². The number of allylic oxidation sites excluding steroid dienone is 3. The highest BCUT2D eigenvalue weighted by Gasteiger charge is 2.27. The van der Waals surface area contributed by atoms with Crippen LogP contribution in [-0.2, 0) is 9.47 Å². The van der Waals surface area contributed by atoms with Crippen molar-refractivity contribution in [3.63, 3.8) is 0 Å². The third kappa shape index (κ3) is 4.00. The van der Waals surface area contributed by atoms with Gasteiger partial charge in [-0.1, -0.05) is 24.3 Å². The molecule has 2 unspecified atom stereocenters. The Morgan fingerprint density at radius 3 is 3.26 bits per heavy atom. The molecule has 0 radical (unpaired) electrons. The fourth-order valence-corrected chi connectivity index (χ4v) is 2.88. The van der Waals surface area contributed by atoms with Crippen molar-refractivity contribution in [2.24, 2.45) is 16.2 Å². The molecule has 1 aliphatic carbocycles. The Morgan fingerprint density at radius 2 is 2.43 bits per heavy atom. The van der Waals surface area contributed by atoms with Crippen LogP contribution in [0.2, 0.25) is 0 Å². The molecule has 0 aromatic carbocycles. The maximum atomic E-state index is 6.15. The quantitative estimate of drug-likeness (QED) is 0.393. The molecule has 0 aromatic rings. The van der Waals surface area contributed by atoms with Gasteiger partial charge in [0.25, 0.3) is 0 Å². The standard InChI is InChI=1S/C16H23N5O2/c1-2-13(9-12-10-22-16(19-12)20-21-17)23-14-5-6-15-11(8-14)4-3-7-18-15/h3-8,12-13,15-16,18-19H,2,9-10H2,1H3,(H2,17,20)/t12-,13-,15?,16?/m0/s1. The number of nitrogens with zero attached hydrogens (tertiary/aromatic N) is 2. The van der Waals surface area contributed by atoms with Crippen LogP contribution in [0.5, 0.6) is 0 Å². The molecule has 0 aromatic heterocycles. The van der Waals surface area contributed by atoms with Crippen molar-refractivity contribution in [1.82, 2.24) is 10.6 Å². The van der Waals surface area contributed by atoms with Gasteiger partial charge in [-0.15, -0.1) is 5.11 Å². The first kappa shape index (κ1) is 15.8. The number of hydrogen-bond acceptors (Lipinski definition) is 6. The number of dihydropyridines is 1. The second-order valence-corrected chi connectivity index (χ2v) is 5.74. The topological polar surface area (TPSA) is 93.3 Å². The van der Waals surface area contributed by atoms with E-state index in [2.05, 4.69) is 46.1 Å². The second-order valence-electron chi connectivity index (χ2n) is 5.74. The van der Waals surface area contributed by atoms with E-state index < -0.39 is 6.35 Å². The van der Waals surface area contributed by atoms with E-state index in [1.165, 1.54) is 5.57 Å². The third-order valence-electron chi connectivity index (χ3n) is 4.09. The molecule has 0 amide bonds. The normalized spacial score (nSPS) is 30.6. The smallest absolute Gasteiger partial charge is 0.226 e. The van der Waals surface area contributed by atoms with Crippen LogP contribution in [0.3, 0.4) is 0 Å². The van der Waals surface area contributed by atoms with Crippen LogP contribution in [0.1, 0.15) is 19.8 Å². The Bertz CT molecular complexity index is 567. The number of hydrogen-bond donors (Lipinski definition) is 3. The number of fused-ring (bicyclic) bond motifs is 1. The van der Waals surface area contributed by atoms with Gasteiger partial charge in [0, 0.05) is 12.5 Å². The van der Waals surface area contributed by atoms with Crippen molar-refractivity contribution in [3.8, 4) is 0 Å². The molecule has 4 N–H and O–H groups in total. The summed E-state index contributed by atoms with van der Waals surface area (Å²) in [5.41, 5.74) is 1.21. The third-order valence-corrected chi connectivity index (χ3v) is 4.09. The average Bonchev–Trinajstić information content (AvgIpc) is 3.01. The van der Waals surface area contributed by atoms with E-state index in [9.17, 15) is 0 Å². The largest absolute Gasteiger partial charge is 0.490 e. The number of nitrogens with two attached hydrogens (primary N) is 1. The van der Waals surface area contributed by atoms with Crippen LogP contribution in [0.25, 0.3) is 0 Å². The molecule has 1 saturated heterocycles. The summed E-state index contributed by atoms with van der Waals surface area (Å²) in [6.07, 6.45) is 13.7. The van der Waals surface area contributed by atoms with Gasteiger partial charge in [-0.3, -0.25) is 5.32 Å². The van der Waals surface area contributed by atoms with Crippen LogP contribution in [0, 0.1) is 0 Å². The minimum atomic E-state index is -0.442. The van der Waals surface area contributed by atoms with E-state index in [-0.39, 0.29) is 18.2 Å². The summed E-state index contributed by atoms with van der Waals surface area (Å²) in [6.45, 7) is 2.71. The lowest BCUT2D eigenvalue weighted by molar-refractivity contribution is 0.0916. The Balaban J connectivity index is 1.56. The van der Waals surface area contributed by atoms with E-state index in [0.717, 1.165) is 18.6 Å². The molecule has 3 rings (SSSR count). The molecule has 0 spiro atoms. The lowest BCUT2D eigenvalue weighted by Gasteiger charge is -2.26. The molecule has 2 aliphatic heterocycles. The van der Waals surface area contributed by atoms with Crippen molar-refractivity contribution in [2.45, 2.75) is 44.3 Å². The van der Waals surface area contributed by atoms with Crippen molar-refractivity contribution in [3.05, 3.63) is 47.9 Å². The zero-order valence-electron chi connectivity index (χ0n) is 13.2. The SMILES string of the molecule is CC[C@@H](C[C@H]1COC(N=NN)N1)OC1=CC2=CC=CNC2C=C1. The van der Waals surface area contributed by atoms with Crippen LogP contribution in [0.15, 0.2) is 58.2 Å². The predicted molar refractivity (Wildman–Crippen MR) is 86.9 cm³/mol. The van der Waals surface area contributed by atoms with Crippen molar-refractivity contribution in [2.75, 3.05) is 6.61 Å². The summed E-state index contributed by atoms with van der Waals surface area (Å²) in [5, 5.41) is 13.5. The van der Waals surface area contributed by atoms with Gasteiger partial charge in [0.1, 0.15) is 11.9 Å². The summed E-state index contributed by atoms with van der Waals surface area (Å²) in [4.78, 5) is 0. The van der Waals surface area contributed by atoms with Crippen LogP contribution in [-0.4, -0.2) is 31.1 Å². The maximum Gasteiger partial charge on any atom is 0.226 e. The Morgan fingerprint density at radius 1 is 1.52 bits per heavy atom. The second kappa shape index (κ2) is 7.43. The lowest BCUT2D eigenvalue weighted by Crippen LogP contribution is -2.33. The van der Waals surface area contributed by atoms with Gasteiger partial charge < -0.3 is 20.6 Å². The Hall–Kier alpha value is -2.12. The van der Waals surface area contributed by atoms with Gasteiger partial charge in [-0.25, -0.2) is 0 Å². The first-order valence-electron chi connectivity index (χ1n) is 7.95. The zero-order chi connectivity index (χ0) is 16.1. The van der Waals surface area contributed by atoms with Gasteiger partial charge in [0.05, 0.1) is 12.6 Å². The molecule has 7 heteroatoms. The maximum absolute atomic E-state index is 6.15. The van der Waals surface area contributed by atoms with E-state index in [1.54, 1.807) is 0 Å². The number of rotatable bonds is 6. The van der Waals surface area contributed by atoms with E-state index in [0.29, 0.717) is 6.61 Å². The molecule has 0 saturated carbocycles. The molecule has 0 bridgehead atoms. The number of nitrogens with one attached hydrogen (secondary N) is 2. The molecule has 23 heavy (non-hydrogen) atoms. The summed E-state index contributed by atoms with van der Waals surface area (Å²) < 4.78 is 11.6. The monoisotopic (exact) mass is 317 g/mol. The highest BCUT2D eigenvalue weighted by Crippen LogP contribution is 2.23. The van der Waals surface area contributed by atoms with E-state index in [4.69, 9.17) is 15.3 Å². The fourth-order valence-electron chi connectivity index (χ4n) is 2.88. The average molecular weight is 317 g/mol. The highest BCUT2D eigenvalue weighted by molar-refractivity contribution is 5.43. The fraction of sp³-hybridized carbons (Fsp3) is 0.500. The molecule has 7 nitrogen and oxygen atoms in total. The lowest BCUT2D eigenvalue weighted by atomic mass is 9.99. The Kier molecular flexibility index (Phi) is 5.09. The van der Waals surface area contributed by atoms with Gasteiger partial charge in [0.2, 0.25) is 6.35 Å². The summed E-state index contributed by atoms with van der Waals surface area (Å²) in [5.74, 6) is 5.94. The van der Waals surface area contributed by atoms with Gasteiger partial charge in [-0.2, -0.15) is 0 Å². The molecule has 3 aliphatic rings. The van der Waals surface area contributed by atoms with Crippen molar-refractivity contribution >= 4 is 0 Å². The van der Waals surface area contributed by atoms with Gasteiger partial charge in [0.15, 0.2) is 0 Å². The van der Waals surface area contributed by atoms with Gasteiger partial charge in [-0.05, 0) is 36.4 Å². The van der Waals surface area contributed by atoms with Crippen molar-refractivity contribution < 1.29 is 9.47 Å². The zero-order valence-corrected chi connectivity index (χ0v) is 13.2. The first-order chi connectivity index (χ1) is 11.3. The highest BCUT2D eigenvalue weighted by atomic mass is 16.5. The summed E-state index contributed by atoms with van der Waals surface area (Å²) >= 11 is 0. The van der Waals surface area contributed by atoms with Crippen LogP contribution >= 0.6 is 0 Å². The molecule has 4 atom stereocenters. The van der Waals surface area contributed by atoms with Crippen molar-refractivity contribution in [1.29, 1.82) is 0 Å². The molecular formula is C16H23N5O2. The molecule has 1 fully saturated rings. The predicted octanol–water partition coefficient (Wildman–Crippen LogP) is 1.64. The summed E-state index contributed by atoms with van der Waals surface area (Å²) in [7, 11) is 0. The molecular weight excluding hydrogens is 294 g/mol.